The molecule has 1 unspecified atom stereocenters. The number of amides is 1. The first-order valence-electron chi connectivity index (χ1n) is 6.19. The van der Waals surface area contributed by atoms with Gasteiger partial charge in [-0.05, 0) is 12.1 Å². The van der Waals surface area contributed by atoms with E-state index in [4.69, 9.17) is 0 Å². The molecule has 0 bridgehead atoms. The van der Waals surface area contributed by atoms with Gasteiger partial charge in [0.1, 0.15) is 10.8 Å². The van der Waals surface area contributed by atoms with Gasteiger partial charge in [-0.3, -0.25) is 4.79 Å². The number of pyridine rings is 1. The lowest BCUT2D eigenvalue weighted by atomic mass is 10.2. The van der Waals surface area contributed by atoms with E-state index < -0.39 is 0 Å². The number of thioether (sulfide) groups is 1. The topological polar surface area (TPSA) is 66.3 Å². The van der Waals surface area contributed by atoms with Crippen LogP contribution in [0.4, 0.5) is 0 Å². The van der Waals surface area contributed by atoms with Crippen molar-refractivity contribution in [2.45, 2.75) is 6.04 Å². The number of carbonyl (C=O) groups excluding carboxylic acids is 1. The zero-order valence-electron chi connectivity index (χ0n) is 10.6. The zero-order valence-corrected chi connectivity index (χ0v) is 12.2. The molecule has 3 rings (SSSR count). The van der Waals surface area contributed by atoms with Crippen molar-refractivity contribution in [2.75, 3.05) is 18.1 Å². The number of rotatable bonds is 2. The van der Waals surface area contributed by atoms with E-state index in [2.05, 4.69) is 9.97 Å². The van der Waals surface area contributed by atoms with Crippen molar-refractivity contribution >= 4 is 29.0 Å². The summed E-state index contributed by atoms with van der Waals surface area (Å²) in [5, 5.41) is 12.6. The van der Waals surface area contributed by atoms with E-state index in [1.165, 1.54) is 12.3 Å². The monoisotopic (exact) mass is 307 g/mol. The van der Waals surface area contributed by atoms with Gasteiger partial charge in [0.05, 0.1) is 6.04 Å². The minimum absolute atomic E-state index is 0.0392. The van der Waals surface area contributed by atoms with E-state index in [1.54, 1.807) is 28.5 Å². The Morgan fingerprint density at radius 2 is 2.30 bits per heavy atom. The highest BCUT2D eigenvalue weighted by molar-refractivity contribution is 7.99. The Balaban J connectivity index is 1.90. The Kier molecular flexibility index (Phi) is 3.88. The molecule has 5 nitrogen and oxygen atoms in total. The summed E-state index contributed by atoms with van der Waals surface area (Å²) in [5.74, 6) is 1.41. The van der Waals surface area contributed by atoms with Gasteiger partial charge in [-0.25, -0.2) is 9.97 Å². The van der Waals surface area contributed by atoms with Crippen LogP contribution < -0.4 is 0 Å². The minimum Gasteiger partial charge on any atom is -0.505 e. The van der Waals surface area contributed by atoms with Crippen molar-refractivity contribution in [3.8, 4) is 5.75 Å². The zero-order chi connectivity index (χ0) is 13.9. The fraction of sp³-hybridized carbons (Fsp3) is 0.308. The second-order valence-corrected chi connectivity index (χ2v) is 6.41. The van der Waals surface area contributed by atoms with E-state index in [0.717, 1.165) is 16.5 Å². The third kappa shape index (κ3) is 2.51. The smallest absolute Gasteiger partial charge is 0.276 e. The van der Waals surface area contributed by atoms with Gasteiger partial charge in [-0.15, -0.1) is 11.3 Å². The Bertz CT molecular complexity index is 603. The quantitative estimate of drug-likeness (QED) is 0.921. The largest absolute Gasteiger partial charge is 0.505 e. The number of carbonyl (C=O) groups is 1. The predicted molar refractivity (Wildman–Crippen MR) is 79.1 cm³/mol. The summed E-state index contributed by atoms with van der Waals surface area (Å²) in [6, 6.07) is 3.05. The van der Waals surface area contributed by atoms with Gasteiger partial charge < -0.3 is 10.0 Å². The Morgan fingerprint density at radius 1 is 1.40 bits per heavy atom. The normalized spacial score (nSPS) is 19.0. The molecular weight excluding hydrogens is 294 g/mol. The van der Waals surface area contributed by atoms with Crippen molar-refractivity contribution in [3.05, 3.63) is 40.6 Å². The SMILES string of the molecule is O=C(c1ncccc1O)N1CCSCC1c1nccs1. The van der Waals surface area contributed by atoms with Gasteiger partial charge in [0, 0.05) is 35.8 Å². The van der Waals surface area contributed by atoms with Gasteiger partial charge in [0.15, 0.2) is 5.69 Å². The molecule has 0 radical (unpaired) electrons. The molecule has 1 aliphatic rings. The fourth-order valence-electron chi connectivity index (χ4n) is 2.15. The average Bonchev–Trinajstić information content (AvgIpc) is 3.01. The van der Waals surface area contributed by atoms with E-state index in [1.807, 2.05) is 17.1 Å². The maximum Gasteiger partial charge on any atom is 0.276 e. The van der Waals surface area contributed by atoms with Gasteiger partial charge in [-0.1, -0.05) is 0 Å². The minimum atomic E-state index is -0.233. The van der Waals surface area contributed by atoms with Crippen LogP contribution in [0.3, 0.4) is 0 Å². The molecular formula is C13H13N3O2S2. The summed E-state index contributed by atoms with van der Waals surface area (Å²) >= 11 is 3.36. The molecule has 2 aromatic rings. The third-order valence-corrected chi connectivity index (χ3v) is 5.01. The molecule has 1 N–H and O–H groups in total. The van der Waals surface area contributed by atoms with Gasteiger partial charge in [0.2, 0.25) is 0 Å². The van der Waals surface area contributed by atoms with Crippen LogP contribution in [0.15, 0.2) is 29.9 Å². The van der Waals surface area contributed by atoms with Crippen molar-refractivity contribution in [3.63, 3.8) is 0 Å². The first kappa shape index (κ1) is 13.4. The first-order valence-corrected chi connectivity index (χ1v) is 8.23. The fourth-order valence-corrected chi connectivity index (χ4v) is 4.06. The molecule has 1 saturated heterocycles. The van der Waals surface area contributed by atoms with Crippen molar-refractivity contribution in [2.24, 2.45) is 0 Å². The lowest BCUT2D eigenvalue weighted by Gasteiger charge is -2.34. The second kappa shape index (κ2) is 5.80. The van der Waals surface area contributed by atoms with Gasteiger partial charge in [0.25, 0.3) is 5.91 Å². The van der Waals surface area contributed by atoms with E-state index >= 15 is 0 Å². The lowest BCUT2D eigenvalue weighted by molar-refractivity contribution is 0.0691. The number of aromatic nitrogens is 2. The maximum atomic E-state index is 12.6. The molecule has 0 aromatic carbocycles. The van der Waals surface area contributed by atoms with Gasteiger partial charge >= 0.3 is 0 Å². The first-order chi connectivity index (χ1) is 9.77. The number of hydrogen-bond donors (Lipinski definition) is 1. The van der Waals surface area contributed by atoms with E-state index in [0.29, 0.717) is 6.54 Å². The number of thiazole rings is 1. The van der Waals surface area contributed by atoms with E-state index in [-0.39, 0.29) is 23.4 Å². The molecule has 0 aliphatic carbocycles. The second-order valence-electron chi connectivity index (χ2n) is 4.33. The van der Waals surface area contributed by atoms with Crippen molar-refractivity contribution in [1.29, 1.82) is 0 Å². The van der Waals surface area contributed by atoms with Crippen LogP contribution in [0.25, 0.3) is 0 Å². The molecule has 1 fully saturated rings. The highest BCUT2D eigenvalue weighted by Crippen LogP contribution is 2.32. The summed E-state index contributed by atoms with van der Waals surface area (Å²) < 4.78 is 0. The molecule has 7 heteroatoms. The van der Waals surface area contributed by atoms with Crippen molar-refractivity contribution < 1.29 is 9.90 Å². The number of aromatic hydroxyl groups is 1. The highest BCUT2D eigenvalue weighted by Gasteiger charge is 2.32. The Morgan fingerprint density at radius 3 is 3.05 bits per heavy atom. The third-order valence-electron chi connectivity index (χ3n) is 3.11. The van der Waals surface area contributed by atoms with Crippen molar-refractivity contribution in [1.82, 2.24) is 14.9 Å². The van der Waals surface area contributed by atoms with Crippen LogP contribution in [0.2, 0.25) is 0 Å². The number of hydrogen-bond acceptors (Lipinski definition) is 6. The Hall–Kier alpha value is -1.60. The average molecular weight is 307 g/mol. The maximum absolute atomic E-state index is 12.6. The molecule has 0 saturated carbocycles. The molecule has 1 atom stereocenters. The van der Waals surface area contributed by atoms with E-state index in [9.17, 15) is 9.90 Å². The summed E-state index contributed by atoms with van der Waals surface area (Å²) in [6.07, 6.45) is 3.27. The summed E-state index contributed by atoms with van der Waals surface area (Å²) in [5.41, 5.74) is 0.112. The molecule has 20 heavy (non-hydrogen) atoms. The summed E-state index contributed by atoms with van der Waals surface area (Å²) in [4.78, 5) is 22.7. The Labute approximate surface area is 124 Å². The van der Waals surface area contributed by atoms with Crippen LogP contribution in [0.5, 0.6) is 5.75 Å². The highest BCUT2D eigenvalue weighted by atomic mass is 32.2. The molecule has 0 spiro atoms. The molecule has 1 aliphatic heterocycles. The molecule has 104 valence electrons. The van der Waals surface area contributed by atoms with Gasteiger partial charge in [-0.2, -0.15) is 11.8 Å². The van der Waals surface area contributed by atoms with Crippen LogP contribution in [0, 0.1) is 0 Å². The molecule has 3 heterocycles. The lowest BCUT2D eigenvalue weighted by Crippen LogP contribution is -2.41. The molecule has 1 amide bonds. The molecule has 2 aromatic heterocycles. The van der Waals surface area contributed by atoms with Crippen LogP contribution in [-0.2, 0) is 0 Å². The van der Waals surface area contributed by atoms with Crippen LogP contribution in [0.1, 0.15) is 21.5 Å². The predicted octanol–water partition coefficient (Wildman–Crippen LogP) is 2.17. The number of nitrogens with zero attached hydrogens (tertiary/aromatic N) is 3. The van der Waals surface area contributed by atoms with Crippen LogP contribution in [-0.4, -0.2) is 43.9 Å². The summed E-state index contributed by atoms with van der Waals surface area (Å²) in [7, 11) is 0. The van der Waals surface area contributed by atoms with Crippen LogP contribution >= 0.6 is 23.1 Å². The standard InChI is InChI=1S/C13H13N3O2S2/c17-10-2-1-3-14-11(10)13(18)16-5-7-19-8-9(16)12-15-4-6-20-12/h1-4,6,9,17H,5,7-8H2. The summed E-state index contributed by atoms with van der Waals surface area (Å²) in [6.45, 7) is 0.643.